The maximum Gasteiger partial charge on any atom is 0.126 e. The summed E-state index contributed by atoms with van der Waals surface area (Å²) < 4.78 is 26.2. The van der Waals surface area contributed by atoms with Crippen molar-refractivity contribution in [2.75, 3.05) is 5.73 Å². The second kappa shape index (κ2) is 4.53. The predicted octanol–water partition coefficient (Wildman–Crippen LogP) is 3.78. The first-order valence-corrected chi connectivity index (χ1v) is 5.45. The van der Waals surface area contributed by atoms with Crippen molar-refractivity contribution in [1.29, 1.82) is 0 Å². The Morgan fingerprint density at radius 1 is 0.941 bits per heavy atom. The van der Waals surface area contributed by atoms with Gasteiger partial charge in [-0.2, -0.15) is 0 Å². The van der Waals surface area contributed by atoms with E-state index in [0.717, 1.165) is 23.6 Å². The van der Waals surface area contributed by atoms with Crippen LogP contribution < -0.4 is 5.73 Å². The summed E-state index contributed by atoms with van der Waals surface area (Å²) in [5, 5.41) is 0. The molecule has 17 heavy (non-hydrogen) atoms. The summed E-state index contributed by atoms with van der Waals surface area (Å²) in [6.07, 6.45) is 0.789. The Morgan fingerprint density at radius 3 is 2.18 bits per heavy atom. The number of benzene rings is 2. The summed E-state index contributed by atoms with van der Waals surface area (Å²) in [6.45, 7) is 1.99. The number of nitrogens with two attached hydrogens (primary N) is 1. The van der Waals surface area contributed by atoms with Crippen LogP contribution in [0.3, 0.4) is 0 Å². The molecule has 0 heterocycles. The van der Waals surface area contributed by atoms with Gasteiger partial charge in [0.25, 0.3) is 0 Å². The standard InChI is InChI=1S/C14H13F2N/c1-2-9-5-10(3-4-14(9)17)11-6-12(15)8-13(16)7-11/h3-8H,2,17H2,1H3. The van der Waals surface area contributed by atoms with Crippen LogP contribution in [0.1, 0.15) is 12.5 Å². The second-order valence-electron chi connectivity index (χ2n) is 3.93. The fourth-order valence-corrected chi connectivity index (χ4v) is 1.81. The number of hydrogen-bond acceptors (Lipinski definition) is 1. The molecule has 0 aliphatic heterocycles. The highest BCUT2D eigenvalue weighted by molar-refractivity contribution is 5.67. The Balaban J connectivity index is 2.52. The number of halogens is 2. The lowest BCUT2D eigenvalue weighted by Crippen LogP contribution is -1.93. The Hall–Kier alpha value is -1.90. The molecule has 88 valence electrons. The lowest BCUT2D eigenvalue weighted by molar-refractivity contribution is 0.584. The molecule has 2 rings (SSSR count). The predicted molar refractivity (Wildman–Crippen MR) is 65.6 cm³/mol. The van der Waals surface area contributed by atoms with Gasteiger partial charge < -0.3 is 5.73 Å². The van der Waals surface area contributed by atoms with Crippen LogP contribution in [0.25, 0.3) is 11.1 Å². The van der Waals surface area contributed by atoms with E-state index in [1.165, 1.54) is 12.1 Å². The largest absolute Gasteiger partial charge is 0.399 e. The molecule has 0 saturated heterocycles. The zero-order valence-corrected chi connectivity index (χ0v) is 9.50. The average Bonchev–Trinajstić information content (AvgIpc) is 2.28. The van der Waals surface area contributed by atoms with Gasteiger partial charge in [-0.25, -0.2) is 8.78 Å². The van der Waals surface area contributed by atoms with Crippen molar-refractivity contribution in [3.8, 4) is 11.1 Å². The van der Waals surface area contributed by atoms with E-state index in [0.29, 0.717) is 11.3 Å². The van der Waals surface area contributed by atoms with Crippen LogP contribution in [-0.4, -0.2) is 0 Å². The molecule has 0 bridgehead atoms. The monoisotopic (exact) mass is 233 g/mol. The second-order valence-corrected chi connectivity index (χ2v) is 3.93. The summed E-state index contributed by atoms with van der Waals surface area (Å²) in [7, 11) is 0. The molecule has 0 spiro atoms. The SMILES string of the molecule is CCc1cc(-c2cc(F)cc(F)c2)ccc1N. The molecule has 0 radical (unpaired) electrons. The van der Waals surface area contributed by atoms with E-state index in [4.69, 9.17) is 5.73 Å². The van der Waals surface area contributed by atoms with Crippen LogP contribution >= 0.6 is 0 Å². The number of hydrogen-bond donors (Lipinski definition) is 1. The highest BCUT2D eigenvalue weighted by atomic mass is 19.1. The minimum Gasteiger partial charge on any atom is -0.399 e. The van der Waals surface area contributed by atoms with Crippen molar-refractivity contribution in [2.24, 2.45) is 0 Å². The molecule has 0 amide bonds. The lowest BCUT2D eigenvalue weighted by Gasteiger charge is -2.07. The molecule has 0 unspecified atom stereocenters. The van der Waals surface area contributed by atoms with Crippen molar-refractivity contribution >= 4 is 5.69 Å². The fourth-order valence-electron chi connectivity index (χ4n) is 1.81. The van der Waals surface area contributed by atoms with E-state index >= 15 is 0 Å². The molecular weight excluding hydrogens is 220 g/mol. The summed E-state index contributed by atoms with van der Waals surface area (Å²) >= 11 is 0. The minimum atomic E-state index is -0.574. The summed E-state index contributed by atoms with van der Waals surface area (Å²) in [5.41, 5.74) is 8.77. The number of nitrogen functional groups attached to an aromatic ring is 1. The average molecular weight is 233 g/mol. The quantitative estimate of drug-likeness (QED) is 0.785. The van der Waals surface area contributed by atoms with E-state index in [1.54, 1.807) is 12.1 Å². The molecule has 0 fully saturated rings. The molecule has 2 aromatic carbocycles. The molecule has 1 nitrogen and oxygen atoms in total. The van der Waals surface area contributed by atoms with Gasteiger partial charge in [-0.05, 0) is 47.4 Å². The summed E-state index contributed by atoms with van der Waals surface area (Å²) in [5.74, 6) is -1.15. The smallest absolute Gasteiger partial charge is 0.126 e. The van der Waals surface area contributed by atoms with Gasteiger partial charge in [0.05, 0.1) is 0 Å². The van der Waals surface area contributed by atoms with Crippen molar-refractivity contribution in [2.45, 2.75) is 13.3 Å². The first-order valence-electron chi connectivity index (χ1n) is 5.45. The van der Waals surface area contributed by atoms with Gasteiger partial charge in [0.15, 0.2) is 0 Å². The molecule has 0 aromatic heterocycles. The first-order chi connectivity index (χ1) is 8.10. The minimum absolute atomic E-state index is 0.525. The lowest BCUT2D eigenvalue weighted by atomic mass is 10.0. The van der Waals surface area contributed by atoms with Crippen LogP contribution in [0.4, 0.5) is 14.5 Å². The molecule has 0 aliphatic rings. The third-order valence-electron chi connectivity index (χ3n) is 2.72. The van der Waals surface area contributed by atoms with Crippen molar-refractivity contribution in [3.05, 3.63) is 53.6 Å². The third-order valence-corrected chi connectivity index (χ3v) is 2.72. The van der Waals surface area contributed by atoms with Crippen LogP contribution in [-0.2, 0) is 6.42 Å². The first kappa shape index (κ1) is 11.6. The van der Waals surface area contributed by atoms with E-state index in [1.807, 2.05) is 13.0 Å². The number of anilines is 1. The maximum absolute atomic E-state index is 13.1. The highest BCUT2D eigenvalue weighted by Gasteiger charge is 2.05. The zero-order valence-electron chi connectivity index (χ0n) is 9.50. The Morgan fingerprint density at radius 2 is 1.59 bits per heavy atom. The van der Waals surface area contributed by atoms with Gasteiger partial charge in [0.2, 0.25) is 0 Å². The van der Waals surface area contributed by atoms with Gasteiger partial charge in [0, 0.05) is 11.8 Å². The van der Waals surface area contributed by atoms with Crippen LogP contribution in [0.15, 0.2) is 36.4 Å². The Kier molecular flexibility index (Phi) is 3.09. The molecular formula is C14H13F2N. The van der Waals surface area contributed by atoms with Gasteiger partial charge >= 0.3 is 0 Å². The van der Waals surface area contributed by atoms with Crippen LogP contribution in [0.2, 0.25) is 0 Å². The molecule has 3 heteroatoms. The highest BCUT2D eigenvalue weighted by Crippen LogP contribution is 2.25. The number of aryl methyl sites for hydroxylation is 1. The van der Waals surface area contributed by atoms with Gasteiger partial charge in [-0.15, -0.1) is 0 Å². The van der Waals surface area contributed by atoms with Crippen LogP contribution in [0, 0.1) is 11.6 Å². The Labute approximate surface area is 98.9 Å². The molecule has 0 aliphatic carbocycles. The zero-order chi connectivity index (χ0) is 12.4. The van der Waals surface area contributed by atoms with E-state index < -0.39 is 11.6 Å². The fraction of sp³-hybridized carbons (Fsp3) is 0.143. The maximum atomic E-state index is 13.1. The van der Waals surface area contributed by atoms with Crippen molar-refractivity contribution < 1.29 is 8.78 Å². The summed E-state index contributed by atoms with van der Waals surface area (Å²) in [4.78, 5) is 0. The topological polar surface area (TPSA) is 26.0 Å². The van der Waals surface area contributed by atoms with Crippen LogP contribution in [0.5, 0.6) is 0 Å². The van der Waals surface area contributed by atoms with E-state index in [2.05, 4.69) is 0 Å². The normalized spacial score (nSPS) is 10.5. The number of rotatable bonds is 2. The molecule has 0 saturated carbocycles. The third kappa shape index (κ3) is 2.44. The van der Waals surface area contributed by atoms with Crippen molar-refractivity contribution in [3.63, 3.8) is 0 Å². The van der Waals surface area contributed by atoms with Gasteiger partial charge in [-0.1, -0.05) is 13.0 Å². The molecule has 2 aromatic rings. The van der Waals surface area contributed by atoms with Crippen molar-refractivity contribution in [1.82, 2.24) is 0 Å². The van der Waals surface area contributed by atoms with Gasteiger partial charge in [0.1, 0.15) is 11.6 Å². The van der Waals surface area contributed by atoms with E-state index in [-0.39, 0.29) is 0 Å². The van der Waals surface area contributed by atoms with Gasteiger partial charge in [-0.3, -0.25) is 0 Å². The van der Waals surface area contributed by atoms with E-state index in [9.17, 15) is 8.78 Å². The molecule has 0 atom stereocenters. The molecule has 2 N–H and O–H groups in total. The Bertz CT molecular complexity index is 530. The summed E-state index contributed by atoms with van der Waals surface area (Å²) in [6, 6.07) is 8.88.